The number of anilines is 2. The zero-order valence-corrected chi connectivity index (χ0v) is 24.7. The second-order valence-electron chi connectivity index (χ2n) is 10.4. The number of amides is 3. The Bertz CT molecular complexity index is 1440. The first-order valence-corrected chi connectivity index (χ1v) is 13.6. The number of carbonyl (C=O) groups excluding carboxylic acids is 3. The quantitative estimate of drug-likeness (QED) is 0.226. The summed E-state index contributed by atoms with van der Waals surface area (Å²) in [5.41, 5.74) is 1.37. The zero-order chi connectivity index (χ0) is 30.9. The van der Waals surface area contributed by atoms with Gasteiger partial charge in [0.05, 0.1) is 5.69 Å². The van der Waals surface area contributed by atoms with Gasteiger partial charge in [-0.25, -0.2) is 4.79 Å². The van der Waals surface area contributed by atoms with Crippen LogP contribution in [0.15, 0.2) is 66.7 Å². The van der Waals surface area contributed by atoms with Crippen LogP contribution in [0.4, 0.5) is 16.2 Å². The summed E-state index contributed by atoms with van der Waals surface area (Å²) in [7, 11) is 0. The number of aliphatic carboxylic acids is 1. The maximum absolute atomic E-state index is 13.7. The van der Waals surface area contributed by atoms with Gasteiger partial charge in [-0.2, -0.15) is 0 Å². The number of rotatable bonds is 11. The van der Waals surface area contributed by atoms with Crippen molar-refractivity contribution in [2.75, 3.05) is 16.8 Å². The molecule has 42 heavy (non-hydrogen) atoms. The van der Waals surface area contributed by atoms with E-state index in [0.717, 1.165) is 5.56 Å². The maximum Gasteiger partial charge on any atom is 0.407 e. The molecule has 0 bridgehead atoms. The highest BCUT2D eigenvalue weighted by molar-refractivity contribution is 6.30. The van der Waals surface area contributed by atoms with Crippen LogP contribution in [0.5, 0.6) is 11.5 Å². The summed E-state index contributed by atoms with van der Waals surface area (Å²) in [4.78, 5) is 49.8. The SMILES string of the molecule is CC(=O)Nc1ccc(C(=O)N(CCCC(=O)O)c2ccc(Cl)cc2Oc2cccc(CNC(=O)OC(C)(C)C)c2)cc1. The lowest BCUT2D eigenvalue weighted by molar-refractivity contribution is -0.137. The molecule has 3 aromatic carbocycles. The minimum atomic E-state index is -0.980. The number of ether oxygens (including phenoxy) is 2. The Morgan fingerprint density at radius 3 is 2.33 bits per heavy atom. The van der Waals surface area contributed by atoms with Crippen LogP contribution in [0, 0.1) is 0 Å². The standard InChI is InChI=1S/C31H34ClN3O7/c1-20(36)34-24-13-10-22(11-14-24)29(39)35(16-6-9-28(37)38)26-15-12-23(32)18-27(26)41-25-8-5-7-21(17-25)19-33-30(40)42-31(2,3)4/h5,7-8,10-15,17-18H,6,9,16,19H2,1-4H3,(H,33,40)(H,34,36)(H,37,38). The highest BCUT2D eigenvalue weighted by atomic mass is 35.5. The molecule has 3 amide bonds. The normalized spacial score (nSPS) is 10.9. The number of hydrogen-bond acceptors (Lipinski definition) is 6. The van der Waals surface area contributed by atoms with Crippen LogP contribution in [0.1, 0.15) is 56.5 Å². The molecule has 0 fully saturated rings. The summed E-state index contributed by atoms with van der Waals surface area (Å²) in [6.45, 7) is 7.01. The van der Waals surface area contributed by atoms with E-state index in [9.17, 15) is 24.3 Å². The second kappa shape index (κ2) is 14.4. The molecule has 0 aliphatic rings. The van der Waals surface area contributed by atoms with Gasteiger partial charge in [0, 0.05) is 48.8 Å². The molecule has 0 saturated heterocycles. The van der Waals surface area contributed by atoms with Crippen LogP contribution in [0.25, 0.3) is 0 Å². The van der Waals surface area contributed by atoms with E-state index in [1.807, 2.05) is 6.07 Å². The van der Waals surface area contributed by atoms with E-state index in [1.165, 1.54) is 11.8 Å². The molecule has 0 unspecified atom stereocenters. The Kier molecular flexibility index (Phi) is 10.9. The van der Waals surface area contributed by atoms with Crippen molar-refractivity contribution in [1.82, 2.24) is 5.32 Å². The average Bonchev–Trinajstić information content (AvgIpc) is 2.89. The monoisotopic (exact) mass is 595 g/mol. The van der Waals surface area contributed by atoms with Gasteiger partial charge in [0.15, 0.2) is 5.75 Å². The smallest absolute Gasteiger partial charge is 0.407 e. The number of carboxylic acid groups (broad SMARTS) is 1. The van der Waals surface area contributed by atoms with Crippen LogP contribution in [-0.4, -0.2) is 41.1 Å². The van der Waals surface area contributed by atoms with Gasteiger partial charge in [0.25, 0.3) is 5.91 Å². The topological polar surface area (TPSA) is 134 Å². The van der Waals surface area contributed by atoms with Gasteiger partial charge in [-0.1, -0.05) is 23.7 Å². The van der Waals surface area contributed by atoms with Gasteiger partial charge in [0.1, 0.15) is 11.4 Å². The Morgan fingerprint density at radius 1 is 0.976 bits per heavy atom. The number of halogens is 1. The third-order valence-corrected chi connectivity index (χ3v) is 5.88. The number of nitrogens with zero attached hydrogens (tertiary/aromatic N) is 1. The Balaban J connectivity index is 1.88. The number of carboxylic acids is 1. The molecule has 0 spiro atoms. The third kappa shape index (κ3) is 10.1. The lowest BCUT2D eigenvalue weighted by Gasteiger charge is -2.25. The molecule has 0 heterocycles. The van der Waals surface area contributed by atoms with E-state index >= 15 is 0 Å². The second-order valence-corrected chi connectivity index (χ2v) is 10.9. The molecule has 3 rings (SSSR count). The molecule has 3 N–H and O–H groups in total. The highest BCUT2D eigenvalue weighted by Gasteiger charge is 2.23. The van der Waals surface area contributed by atoms with E-state index in [2.05, 4.69) is 10.6 Å². The van der Waals surface area contributed by atoms with E-state index in [0.29, 0.717) is 27.7 Å². The molecule has 0 saturated carbocycles. The minimum absolute atomic E-state index is 0.0937. The lowest BCUT2D eigenvalue weighted by atomic mass is 10.1. The first-order chi connectivity index (χ1) is 19.8. The molecule has 0 aliphatic carbocycles. The van der Waals surface area contributed by atoms with Crippen LogP contribution >= 0.6 is 11.6 Å². The maximum atomic E-state index is 13.7. The van der Waals surface area contributed by atoms with Gasteiger partial charge >= 0.3 is 12.1 Å². The molecule has 0 aromatic heterocycles. The fraction of sp³-hybridized carbons (Fsp3) is 0.290. The molecular formula is C31H34ClN3O7. The van der Waals surface area contributed by atoms with Crippen LogP contribution in [-0.2, 0) is 20.9 Å². The van der Waals surface area contributed by atoms with Crippen molar-refractivity contribution in [3.8, 4) is 11.5 Å². The Hall–Kier alpha value is -4.57. The number of hydrogen-bond donors (Lipinski definition) is 3. The largest absolute Gasteiger partial charge is 0.481 e. The van der Waals surface area contributed by atoms with Crippen molar-refractivity contribution >= 4 is 46.9 Å². The molecule has 0 radical (unpaired) electrons. The Morgan fingerprint density at radius 2 is 1.69 bits per heavy atom. The summed E-state index contributed by atoms with van der Waals surface area (Å²) in [5.74, 6) is -0.904. The summed E-state index contributed by atoms with van der Waals surface area (Å²) in [5, 5.41) is 14.9. The summed E-state index contributed by atoms with van der Waals surface area (Å²) in [6.07, 6.45) is -0.493. The summed E-state index contributed by atoms with van der Waals surface area (Å²) >= 11 is 6.30. The molecule has 10 nitrogen and oxygen atoms in total. The van der Waals surface area contributed by atoms with Gasteiger partial charge < -0.3 is 30.1 Å². The highest BCUT2D eigenvalue weighted by Crippen LogP contribution is 2.36. The van der Waals surface area contributed by atoms with Gasteiger partial charge in [-0.15, -0.1) is 0 Å². The molecule has 0 aliphatic heterocycles. The van der Waals surface area contributed by atoms with Crippen molar-refractivity contribution in [1.29, 1.82) is 0 Å². The zero-order valence-electron chi connectivity index (χ0n) is 23.9. The van der Waals surface area contributed by atoms with Crippen LogP contribution in [0.3, 0.4) is 0 Å². The molecule has 0 atom stereocenters. The number of carbonyl (C=O) groups is 4. The lowest BCUT2D eigenvalue weighted by Crippen LogP contribution is -2.32. The number of benzene rings is 3. The van der Waals surface area contributed by atoms with Crippen molar-refractivity contribution in [2.24, 2.45) is 0 Å². The minimum Gasteiger partial charge on any atom is -0.481 e. The average molecular weight is 596 g/mol. The van der Waals surface area contributed by atoms with Gasteiger partial charge in [0.2, 0.25) is 5.91 Å². The molecular weight excluding hydrogens is 562 g/mol. The predicted molar refractivity (Wildman–Crippen MR) is 160 cm³/mol. The predicted octanol–water partition coefficient (Wildman–Crippen LogP) is 6.63. The van der Waals surface area contributed by atoms with Crippen molar-refractivity contribution in [3.63, 3.8) is 0 Å². The van der Waals surface area contributed by atoms with Crippen LogP contribution in [0.2, 0.25) is 5.02 Å². The van der Waals surface area contributed by atoms with Gasteiger partial charge in [-0.3, -0.25) is 14.4 Å². The van der Waals surface area contributed by atoms with E-state index in [1.54, 1.807) is 81.4 Å². The molecule has 11 heteroatoms. The first kappa shape index (κ1) is 32.0. The molecule has 222 valence electrons. The Labute approximate surface area is 249 Å². The fourth-order valence-electron chi connectivity index (χ4n) is 3.90. The van der Waals surface area contributed by atoms with E-state index in [4.69, 9.17) is 21.1 Å². The summed E-state index contributed by atoms with van der Waals surface area (Å²) in [6, 6.07) is 18.2. The first-order valence-electron chi connectivity index (χ1n) is 13.3. The fourth-order valence-corrected chi connectivity index (χ4v) is 4.06. The van der Waals surface area contributed by atoms with Gasteiger partial charge in [-0.05, 0) is 81.3 Å². The van der Waals surface area contributed by atoms with Crippen molar-refractivity contribution < 1.29 is 33.8 Å². The van der Waals surface area contributed by atoms with Crippen LogP contribution < -0.4 is 20.3 Å². The van der Waals surface area contributed by atoms with E-state index in [-0.39, 0.29) is 37.6 Å². The third-order valence-electron chi connectivity index (χ3n) is 5.64. The number of alkyl carbamates (subject to hydrolysis) is 1. The van der Waals surface area contributed by atoms with Crippen molar-refractivity contribution in [3.05, 3.63) is 82.9 Å². The number of nitrogens with one attached hydrogen (secondary N) is 2. The van der Waals surface area contributed by atoms with E-state index < -0.39 is 23.6 Å². The summed E-state index contributed by atoms with van der Waals surface area (Å²) < 4.78 is 11.5. The molecule has 3 aromatic rings. The van der Waals surface area contributed by atoms with Crippen molar-refractivity contribution in [2.45, 2.75) is 52.7 Å².